The Morgan fingerprint density at radius 2 is 2.16 bits per heavy atom. The summed E-state index contributed by atoms with van der Waals surface area (Å²) in [4.78, 5) is 25.7. The summed E-state index contributed by atoms with van der Waals surface area (Å²) < 4.78 is 5.23. The average Bonchev–Trinajstić information content (AvgIpc) is 2.67. The van der Waals surface area contributed by atoms with E-state index in [1.807, 2.05) is 37.1 Å². The third-order valence-electron chi connectivity index (χ3n) is 4.66. The van der Waals surface area contributed by atoms with Gasteiger partial charge in [-0.2, -0.15) is 0 Å². The lowest BCUT2D eigenvalue weighted by molar-refractivity contribution is 0.0713. The average molecular weight is 340 g/mol. The van der Waals surface area contributed by atoms with Crippen molar-refractivity contribution in [2.45, 2.75) is 25.8 Å². The summed E-state index contributed by atoms with van der Waals surface area (Å²) >= 11 is 0. The first-order valence-electron chi connectivity index (χ1n) is 8.55. The molecule has 1 unspecified atom stereocenters. The van der Waals surface area contributed by atoms with Gasteiger partial charge in [0.05, 0.1) is 7.11 Å². The zero-order chi connectivity index (χ0) is 17.8. The first kappa shape index (κ1) is 17.2. The second kappa shape index (κ2) is 7.51. The van der Waals surface area contributed by atoms with Crippen molar-refractivity contribution in [3.05, 3.63) is 47.8 Å². The normalized spacial score (nSPS) is 17.2. The van der Waals surface area contributed by atoms with Crippen molar-refractivity contribution < 1.29 is 9.53 Å². The molecule has 0 saturated carbocycles. The third-order valence-corrected chi connectivity index (χ3v) is 4.66. The maximum Gasteiger partial charge on any atom is 0.259 e. The van der Waals surface area contributed by atoms with E-state index in [2.05, 4.69) is 14.9 Å². The minimum atomic E-state index is -0.0611. The highest BCUT2D eigenvalue weighted by Gasteiger charge is 2.28. The molecule has 1 aliphatic heterocycles. The van der Waals surface area contributed by atoms with Crippen LogP contribution in [0.4, 0.5) is 5.82 Å². The number of anilines is 1. The molecule has 3 heterocycles. The van der Waals surface area contributed by atoms with Gasteiger partial charge in [-0.05, 0) is 44.0 Å². The van der Waals surface area contributed by atoms with Gasteiger partial charge in [-0.15, -0.1) is 0 Å². The Balaban J connectivity index is 1.75. The summed E-state index contributed by atoms with van der Waals surface area (Å²) in [7, 11) is 3.39. The lowest BCUT2D eigenvalue weighted by Crippen LogP contribution is -2.49. The molecule has 1 fully saturated rings. The predicted molar refractivity (Wildman–Crippen MR) is 97.1 cm³/mol. The molecule has 1 amide bonds. The fourth-order valence-electron chi connectivity index (χ4n) is 3.26. The number of ether oxygens (including phenoxy) is 1. The molecule has 0 aliphatic carbocycles. The predicted octanol–water partition coefficient (Wildman–Crippen LogP) is 2.53. The minimum absolute atomic E-state index is 0.0611. The van der Waals surface area contributed by atoms with Gasteiger partial charge in [0.2, 0.25) is 5.88 Å². The zero-order valence-electron chi connectivity index (χ0n) is 15.0. The Kier molecular flexibility index (Phi) is 5.16. The molecule has 132 valence electrons. The molecular weight excluding hydrogens is 316 g/mol. The van der Waals surface area contributed by atoms with Crippen LogP contribution in [0.2, 0.25) is 0 Å². The van der Waals surface area contributed by atoms with Gasteiger partial charge in [-0.25, -0.2) is 9.97 Å². The van der Waals surface area contributed by atoms with Gasteiger partial charge >= 0.3 is 0 Å². The van der Waals surface area contributed by atoms with E-state index in [4.69, 9.17) is 4.74 Å². The van der Waals surface area contributed by atoms with Crippen molar-refractivity contribution in [3.63, 3.8) is 0 Å². The lowest BCUT2D eigenvalue weighted by Gasteiger charge is -2.38. The number of piperidine rings is 1. The Hall–Kier alpha value is -2.63. The summed E-state index contributed by atoms with van der Waals surface area (Å²) in [6.07, 6.45) is 3.64. The highest BCUT2D eigenvalue weighted by molar-refractivity contribution is 5.96. The van der Waals surface area contributed by atoms with E-state index < -0.39 is 0 Å². The van der Waals surface area contributed by atoms with E-state index in [1.165, 1.54) is 7.11 Å². The van der Waals surface area contributed by atoms with Crippen molar-refractivity contribution >= 4 is 11.7 Å². The summed E-state index contributed by atoms with van der Waals surface area (Å²) in [5.41, 5.74) is 1.50. The van der Waals surface area contributed by atoms with Gasteiger partial charge in [0.15, 0.2) is 0 Å². The first-order valence-corrected chi connectivity index (χ1v) is 8.55. The van der Waals surface area contributed by atoms with E-state index in [9.17, 15) is 4.79 Å². The van der Waals surface area contributed by atoms with Crippen molar-refractivity contribution in [2.24, 2.45) is 0 Å². The lowest BCUT2D eigenvalue weighted by atomic mass is 10.0. The molecule has 3 rings (SSSR count). The number of nitrogens with zero attached hydrogens (tertiary/aromatic N) is 4. The Bertz CT molecular complexity index is 750. The molecule has 2 aromatic rings. The Morgan fingerprint density at radius 3 is 2.92 bits per heavy atom. The molecule has 0 spiro atoms. The SMILES string of the molecule is COc1ncccc1C(=O)N(C)C1CCCN(c2cccc(C)n2)C1. The Labute approximate surface area is 148 Å². The van der Waals surface area contributed by atoms with Crippen LogP contribution in [0, 0.1) is 6.92 Å². The fraction of sp³-hybridized carbons (Fsp3) is 0.421. The monoisotopic (exact) mass is 340 g/mol. The first-order chi connectivity index (χ1) is 12.1. The molecule has 1 atom stereocenters. The number of carbonyl (C=O) groups is 1. The van der Waals surface area contributed by atoms with Crippen LogP contribution < -0.4 is 9.64 Å². The van der Waals surface area contributed by atoms with Crippen molar-refractivity contribution in [2.75, 3.05) is 32.1 Å². The second-order valence-electron chi connectivity index (χ2n) is 6.36. The molecule has 2 aromatic heterocycles. The molecule has 0 aromatic carbocycles. The largest absolute Gasteiger partial charge is 0.480 e. The van der Waals surface area contributed by atoms with E-state index in [-0.39, 0.29) is 11.9 Å². The van der Waals surface area contributed by atoms with Crippen molar-refractivity contribution in [1.82, 2.24) is 14.9 Å². The van der Waals surface area contributed by atoms with E-state index in [0.717, 1.165) is 37.4 Å². The molecule has 6 nitrogen and oxygen atoms in total. The van der Waals surface area contributed by atoms with Crippen molar-refractivity contribution in [1.29, 1.82) is 0 Å². The van der Waals surface area contributed by atoms with Gasteiger partial charge in [-0.1, -0.05) is 6.07 Å². The zero-order valence-corrected chi connectivity index (χ0v) is 15.0. The summed E-state index contributed by atoms with van der Waals surface area (Å²) in [6.45, 7) is 3.74. The number of amides is 1. The summed E-state index contributed by atoms with van der Waals surface area (Å²) in [5, 5.41) is 0. The van der Waals surface area contributed by atoms with Crippen LogP contribution in [0.5, 0.6) is 5.88 Å². The number of rotatable bonds is 4. The molecule has 1 saturated heterocycles. The van der Waals surface area contributed by atoms with Crippen LogP contribution in [0.25, 0.3) is 0 Å². The number of pyridine rings is 2. The number of methoxy groups -OCH3 is 1. The van der Waals surface area contributed by atoms with E-state index in [0.29, 0.717) is 11.4 Å². The second-order valence-corrected chi connectivity index (χ2v) is 6.36. The highest BCUT2D eigenvalue weighted by Crippen LogP contribution is 2.23. The molecule has 0 radical (unpaired) electrons. The van der Waals surface area contributed by atoms with E-state index >= 15 is 0 Å². The van der Waals surface area contributed by atoms with Crippen LogP contribution in [0.1, 0.15) is 28.9 Å². The number of hydrogen-bond donors (Lipinski definition) is 0. The maximum atomic E-state index is 12.9. The van der Waals surface area contributed by atoms with Crippen LogP contribution in [-0.2, 0) is 0 Å². The van der Waals surface area contributed by atoms with Crippen LogP contribution >= 0.6 is 0 Å². The number of hydrogen-bond acceptors (Lipinski definition) is 5. The fourth-order valence-corrected chi connectivity index (χ4v) is 3.26. The van der Waals surface area contributed by atoms with Gasteiger partial charge in [-0.3, -0.25) is 4.79 Å². The van der Waals surface area contributed by atoms with Crippen molar-refractivity contribution in [3.8, 4) is 5.88 Å². The van der Waals surface area contributed by atoms with Gasteiger partial charge < -0.3 is 14.5 Å². The number of aromatic nitrogens is 2. The van der Waals surface area contributed by atoms with Gasteiger partial charge in [0, 0.05) is 38.1 Å². The topological polar surface area (TPSA) is 58.6 Å². The summed E-state index contributed by atoms with van der Waals surface area (Å²) in [6, 6.07) is 9.70. The van der Waals surface area contributed by atoms with Crippen LogP contribution in [-0.4, -0.2) is 54.1 Å². The molecule has 0 bridgehead atoms. The maximum absolute atomic E-state index is 12.9. The molecule has 25 heavy (non-hydrogen) atoms. The standard InChI is InChI=1S/C19H24N4O2/c1-14-7-4-10-17(21-14)23-12-6-8-15(13-23)22(2)19(24)16-9-5-11-20-18(16)25-3/h4-5,7,9-11,15H,6,8,12-13H2,1-3H3. The van der Waals surface area contributed by atoms with Crippen LogP contribution in [0.15, 0.2) is 36.5 Å². The number of aryl methyl sites for hydroxylation is 1. The Morgan fingerprint density at radius 1 is 1.32 bits per heavy atom. The quantitative estimate of drug-likeness (QED) is 0.856. The molecule has 0 N–H and O–H groups in total. The summed E-state index contributed by atoms with van der Waals surface area (Å²) in [5.74, 6) is 1.28. The molecule has 1 aliphatic rings. The molecule has 6 heteroatoms. The highest BCUT2D eigenvalue weighted by atomic mass is 16.5. The van der Waals surface area contributed by atoms with Crippen LogP contribution in [0.3, 0.4) is 0 Å². The third kappa shape index (κ3) is 3.73. The minimum Gasteiger partial charge on any atom is -0.480 e. The molecular formula is C19H24N4O2. The van der Waals surface area contributed by atoms with Gasteiger partial charge in [0.1, 0.15) is 11.4 Å². The number of carbonyl (C=O) groups excluding carboxylic acids is 1. The smallest absolute Gasteiger partial charge is 0.259 e. The van der Waals surface area contributed by atoms with E-state index in [1.54, 1.807) is 18.3 Å². The van der Waals surface area contributed by atoms with Gasteiger partial charge in [0.25, 0.3) is 5.91 Å². The number of likely N-dealkylation sites (N-methyl/N-ethyl adjacent to an activating group) is 1.